The quantitative estimate of drug-likeness (QED) is 0.771. The lowest BCUT2D eigenvalue weighted by Gasteiger charge is -2.14. The van der Waals surface area contributed by atoms with Gasteiger partial charge in [0.05, 0.1) is 15.8 Å². The van der Waals surface area contributed by atoms with Gasteiger partial charge in [-0.05, 0) is 42.1 Å². The average molecular weight is 359 g/mol. The molecule has 0 unspecified atom stereocenters. The van der Waals surface area contributed by atoms with E-state index in [1.165, 1.54) is 17.6 Å². The van der Waals surface area contributed by atoms with Crippen LogP contribution in [0.25, 0.3) is 10.1 Å². The molecule has 1 aromatic heterocycles. The minimum absolute atomic E-state index is 0.129. The Kier molecular flexibility index (Phi) is 4.43. The molecule has 1 atom stereocenters. The molecule has 3 rings (SSSR count). The molecule has 0 aliphatic rings. The fourth-order valence-corrected chi connectivity index (χ4v) is 4.04. The summed E-state index contributed by atoms with van der Waals surface area (Å²) >= 11 is 1.46. The van der Waals surface area contributed by atoms with Crippen LogP contribution in [-0.2, 0) is 9.84 Å². The van der Waals surface area contributed by atoms with E-state index in [1.807, 2.05) is 37.3 Å². The lowest BCUT2D eigenvalue weighted by Crippen LogP contribution is -2.25. The summed E-state index contributed by atoms with van der Waals surface area (Å²) < 4.78 is 24.1. The number of carbonyl (C=O) groups excluding carboxylic acids is 1. The van der Waals surface area contributed by atoms with Crippen molar-refractivity contribution in [1.29, 1.82) is 0 Å². The van der Waals surface area contributed by atoms with E-state index in [-0.39, 0.29) is 16.8 Å². The number of hydrogen-bond acceptors (Lipinski definition) is 4. The SMILES string of the molecule is C[C@@H](NC(=O)c1cc2ccccc2s1)c1ccc(S(C)(=O)=O)cc1. The number of carbonyl (C=O) groups is 1. The van der Waals surface area contributed by atoms with Gasteiger partial charge < -0.3 is 5.32 Å². The molecule has 124 valence electrons. The molecule has 0 radical (unpaired) electrons. The van der Waals surface area contributed by atoms with Crippen molar-refractivity contribution in [3.63, 3.8) is 0 Å². The Bertz CT molecular complexity index is 956. The Morgan fingerprint density at radius 3 is 2.38 bits per heavy atom. The van der Waals surface area contributed by atoms with E-state index in [4.69, 9.17) is 0 Å². The van der Waals surface area contributed by atoms with Crippen molar-refractivity contribution in [2.45, 2.75) is 17.9 Å². The summed E-state index contributed by atoms with van der Waals surface area (Å²) in [6.07, 6.45) is 1.18. The molecule has 6 heteroatoms. The highest BCUT2D eigenvalue weighted by Gasteiger charge is 2.15. The topological polar surface area (TPSA) is 63.2 Å². The summed E-state index contributed by atoms with van der Waals surface area (Å²) in [5, 5.41) is 4.01. The van der Waals surface area contributed by atoms with Gasteiger partial charge in [-0.3, -0.25) is 4.79 Å². The van der Waals surface area contributed by atoms with Gasteiger partial charge >= 0.3 is 0 Å². The maximum Gasteiger partial charge on any atom is 0.261 e. The second-order valence-corrected chi connectivity index (χ2v) is 8.78. The molecule has 0 fully saturated rings. The van der Waals surface area contributed by atoms with Crippen LogP contribution in [0, 0.1) is 0 Å². The predicted molar refractivity (Wildman–Crippen MR) is 97.3 cm³/mol. The summed E-state index contributed by atoms with van der Waals surface area (Å²) in [4.78, 5) is 13.4. The molecule has 3 aromatic rings. The van der Waals surface area contributed by atoms with E-state index in [0.29, 0.717) is 4.88 Å². The molecule has 1 N–H and O–H groups in total. The fraction of sp³-hybridized carbons (Fsp3) is 0.167. The van der Waals surface area contributed by atoms with Gasteiger partial charge in [-0.25, -0.2) is 8.42 Å². The van der Waals surface area contributed by atoms with Gasteiger partial charge in [0.15, 0.2) is 9.84 Å². The van der Waals surface area contributed by atoms with E-state index in [0.717, 1.165) is 15.6 Å². The van der Waals surface area contributed by atoms with Crippen LogP contribution in [0.3, 0.4) is 0 Å². The maximum atomic E-state index is 12.4. The molecule has 4 nitrogen and oxygen atoms in total. The monoisotopic (exact) mass is 359 g/mol. The highest BCUT2D eigenvalue weighted by molar-refractivity contribution is 7.90. The van der Waals surface area contributed by atoms with Crippen molar-refractivity contribution in [1.82, 2.24) is 5.32 Å². The van der Waals surface area contributed by atoms with Crippen LogP contribution >= 0.6 is 11.3 Å². The number of amides is 1. The summed E-state index contributed by atoms with van der Waals surface area (Å²) in [5.41, 5.74) is 0.858. The molecule has 2 aromatic carbocycles. The first-order chi connectivity index (χ1) is 11.3. The molecule has 0 aliphatic carbocycles. The normalized spacial score (nSPS) is 12.9. The maximum absolute atomic E-state index is 12.4. The van der Waals surface area contributed by atoms with Gasteiger partial charge in [0.25, 0.3) is 5.91 Å². The van der Waals surface area contributed by atoms with Crippen LogP contribution in [0.4, 0.5) is 0 Å². The van der Waals surface area contributed by atoms with Crippen molar-refractivity contribution in [2.24, 2.45) is 0 Å². The van der Waals surface area contributed by atoms with E-state index in [2.05, 4.69) is 5.32 Å². The first-order valence-electron chi connectivity index (χ1n) is 7.44. The third-order valence-corrected chi connectivity index (χ3v) is 6.05. The third-order valence-electron chi connectivity index (χ3n) is 3.81. The van der Waals surface area contributed by atoms with Crippen molar-refractivity contribution in [3.05, 3.63) is 65.0 Å². The van der Waals surface area contributed by atoms with Crippen LogP contribution in [0.5, 0.6) is 0 Å². The second kappa shape index (κ2) is 6.37. The fourth-order valence-electron chi connectivity index (χ4n) is 2.45. The Morgan fingerprint density at radius 1 is 1.08 bits per heavy atom. The number of nitrogens with one attached hydrogen (secondary N) is 1. The zero-order valence-corrected chi connectivity index (χ0v) is 14.9. The number of sulfone groups is 1. The minimum atomic E-state index is -3.21. The van der Waals surface area contributed by atoms with Gasteiger partial charge in [-0.1, -0.05) is 30.3 Å². The van der Waals surface area contributed by atoms with Crippen LogP contribution < -0.4 is 5.32 Å². The lowest BCUT2D eigenvalue weighted by molar-refractivity contribution is 0.0944. The van der Waals surface area contributed by atoms with E-state index in [1.54, 1.807) is 24.3 Å². The predicted octanol–water partition coefficient (Wildman–Crippen LogP) is 3.80. The first-order valence-corrected chi connectivity index (χ1v) is 10.1. The Labute approximate surface area is 145 Å². The lowest BCUT2D eigenvalue weighted by atomic mass is 10.1. The molecule has 1 amide bonds. The summed E-state index contributed by atoms with van der Waals surface area (Å²) in [6, 6.07) is 16.1. The number of thiophene rings is 1. The van der Waals surface area contributed by atoms with Crippen molar-refractivity contribution >= 4 is 37.2 Å². The van der Waals surface area contributed by atoms with Gasteiger partial charge in [0, 0.05) is 11.0 Å². The highest BCUT2D eigenvalue weighted by atomic mass is 32.2. The second-order valence-electron chi connectivity index (χ2n) is 5.68. The standard InChI is InChI=1S/C18H17NO3S2/c1-12(13-7-9-15(10-8-13)24(2,21)22)19-18(20)17-11-14-5-3-4-6-16(14)23-17/h3-12H,1-2H3,(H,19,20)/t12-/m1/s1. The van der Waals surface area contributed by atoms with Crippen LogP contribution in [-0.4, -0.2) is 20.6 Å². The van der Waals surface area contributed by atoms with Gasteiger partial charge in [0.1, 0.15) is 0 Å². The van der Waals surface area contributed by atoms with E-state index < -0.39 is 9.84 Å². The highest BCUT2D eigenvalue weighted by Crippen LogP contribution is 2.26. The number of benzene rings is 2. The van der Waals surface area contributed by atoms with E-state index >= 15 is 0 Å². The largest absolute Gasteiger partial charge is 0.345 e. The Morgan fingerprint density at radius 2 is 1.75 bits per heavy atom. The zero-order valence-electron chi connectivity index (χ0n) is 13.3. The molecule has 1 heterocycles. The minimum Gasteiger partial charge on any atom is -0.345 e. The molecule has 0 saturated heterocycles. The number of hydrogen-bond donors (Lipinski definition) is 1. The average Bonchev–Trinajstić information content (AvgIpc) is 2.98. The van der Waals surface area contributed by atoms with Crippen molar-refractivity contribution in [2.75, 3.05) is 6.26 Å². The van der Waals surface area contributed by atoms with Gasteiger partial charge in [-0.2, -0.15) is 0 Å². The summed E-state index contributed by atoms with van der Waals surface area (Å²) in [6.45, 7) is 1.88. The molecular weight excluding hydrogens is 342 g/mol. The smallest absolute Gasteiger partial charge is 0.261 e. The first kappa shape index (κ1) is 16.7. The Balaban J connectivity index is 1.76. The Hall–Kier alpha value is -2.18. The number of fused-ring (bicyclic) bond motifs is 1. The van der Waals surface area contributed by atoms with E-state index in [9.17, 15) is 13.2 Å². The molecule has 0 saturated carbocycles. The molecular formula is C18H17NO3S2. The van der Waals surface area contributed by atoms with Crippen LogP contribution in [0.2, 0.25) is 0 Å². The van der Waals surface area contributed by atoms with Crippen molar-refractivity contribution in [3.8, 4) is 0 Å². The zero-order chi connectivity index (χ0) is 17.3. The summed E-state index contributed by atoms with van der Waals surface area (Å²) in [5.74, 6) is -0.129. The molecule has 0 bridgehead atoms. The van der Waals surface area contributed by atoms with Crippen LogP contribution in [0.1, 0.15) is 28.2 Å². The van der Waals surface area contributed by atoms with Gasteiger partial charge in [-0.15, -0.1) is 11.3 Å². The molecule has 0 spiro atoms. The number of rotatable bonds is 4. The third kappa shape index (κ3) is 3.49. The van der Waals surface area contributed by atoms with Crippen molar-refractivity contribution < 1.29 is 13.2 Å². The molecule has 0 aliphatic heterocycles. The van der Waals surface area contributed by atoms with Gasteiger partial charge in [0.2, 0.25) is 0 Å². The summed E-state index contributed by atoms with van der Waals surface area (Å²) in [7, 11) is -3.21. The van der Waals surface area contributed by atoms with Crippen LogP contribution in [0.15, 0.2) is 59.5 Å². The molecule has 24 heavy (non-hydrogen) atoms.